The topological polar surface area (TPSA) is 51.4 Å². The highest BCUT2D eigenvalue weighted by Crippen LogP contribution is 2.23. The van der Waals surface area contributed by atoms with E-state index in [4.69, 9.17) is 15.5 Å². The molecule has 2 atom stereocenters. The number of rotatable bonds is 3. The summed E-state index contributed by atoms with van der Waals surface area (Å²) < 4.78 is 5.76. The molecule has 1 aromatic heterocycles. The van der Waals surface area contributed by atoms with Gasteiger partial charge in [0.2, 0.25) is 0 Å². The molecule has 0 saturated carbocycles. The standard InChI is InChI=1S/C17H23N3O/c1-3-14-11-21-12(2)9-20(14)10-13-8-16(18)15-6-4-5-7-17(15)19-13/h4-8,12,14H,3,9-11H2,1-2H3,(H2,18,19). The molecule has 1 aromatic carbocycles. The van der Waals surface area contributed by atoms with E-state index in [9.17, 15) is 0 Å². The molecule has 2 N–H and O–H groups in total. The van der Waals surface area contributed by atoms with E-state index in [1.165, 1.54) is 0 Å². The fourth-order valence-corrected chi connectivity index (χ4v) is 3.03. The van der Waals surface area contributed by atoms with Gasteiger partial charge in [0.1, 0.15) is 0 Å². The molecule has 1 aliphatic heterocycles. The fraction of sp³-hybridized carbons (Fsp3) is 0.471. The third-order valence-corrected chi connectivity index (χ3v) is 4.22. The van der Waals surface area contributed by atoms with Gasteiger partial charge in [-0.05, 0) is 25.5 Å². The lowest BCUT2D eigenvalue weighted by atomic mass is 10.1. The number of hydrogen-bond donors (Lipinski definition) is 1. The summed E-state index contributed by atoms with van der Waals surface area (Å²) in [6, 6.07) is 10.5. The number of benzene rings is 1. The summed E-state index contributed by atoms with van der Waals surface area (Å²) in [6.45, 7) is 6.93. The zero-order chi connectivity index (χ0) is 14.8. The molecule has 3 rings (SSSR count). The molecular formula is C17H23N3O. The van der Waals surface area contributed by atoms with Crippen molar-refractivity contribution in [3.63, 3.8) is 0 Å². The van der Waals surface area contributed by atoms with Gasteiger partial charge in [-0.15, -0.1) is 0 Å². The molecule has 1 aliphatic rings. The Bertz CT molecular complexity index is 628. The van der Waals surface area contributed by atoms with E-state index in [1.54, 1.807) is 0 Å². The molecule has 2 unspecified atom stereocenters. The second kappa shape index (κ2) is 6.00. The van der Waals surface area contributed by atoms with Crippen LogP contribution in [0.2, 0.25) is 0 Å². The molecule has 0 radical (unpaired) electrons. The Morgan fingerprint density at radius 2 is 2.19 bits per heavy atom. The third-order valence-electron chi connectivity index (χ3n) is 4.22. The molecule has 2 heterocycles. The summed E-state index contributed by atoms with van der Waals surface area (Å²) in [7, 11) is 0. The van der Waals surface area contributed by atoms with Crippen LogP contribution < -0.4 is 5.73 Å². The van der Waals surface area contributed by atoms with Crippen LogP contribution >= 0.6 is 0 Å². The van der Waals surface area contributed by atoms with Gasteiger partial charge < -0.3 is 10.5 Å². The van der Waals surface area contributed by atoms with Gasteiger partial charge in [0.15, 0.2) is 0 Å². The van der Waals surface area contributed by atoms with Crippen molar-refractivity contribution in [2.75, 3.05) is 18.9 Å². The van der Waals surface area contributed by atoms with E-state index in [1.807, 2.05) is 30.3 Å². The van der Waals surface area contributed by atoms with Gasteiger partial charge in [-0.2, -0.15) is 0 Å². The van der Waals surface area contributed by atoms with Crippen LogP contribution in [0.25, 0.3) is 10.9 Å². The zero-order valence-electron chi connectivity index (χ0n) is 12.7. The van der Waals surface area contributed by atoms with Gasteiger partial charge in [0.05, 0.1) is 23.9 Å². The summed E-state index contributed by atoms with van der Waals surface area (Å²) in [5, 5.41) is 1.03. The number of pyridine rings is 1. The van der Waals surface area contributed by atoms with E-state index in [-0.39, 0.29) is 6.10 Å². The molecule has 4 nitrogen and oxygen atoms in total. The van der Waals surface area contributed by atoms with E-state index in [0.717, 1.165) is 48.4 Å². The molecule has 0 spiro atoms. The first-order valence-corrected chi connectivity index (χ1v) is 7.67. The summed E-state index contributed by atoms with van der Waals surface area (Å²) in [6.07, 6.45) is 1.38. The lowest BCUT2D eigenvalue weighted by molar-refractivity contribution is -0.0595. The quantitative estimate of drug-likeness (QED) is 0.942. The van der Waals surface area contributed by atoms with Crippen molar-refractivity contribution in [3.05, 3.63) is 36.0 Å². The van der Waals surface area contributed by atoms with Crippen LogP contribution in [0, 0.1) is 0 Å². The van der Waals surface area contributed by atoms with E-state index in [0.29, 0.717) is 6.04 Å². The van der Waals surface area contributed by atoms with Gasteiger partial charge in [-0.1, -0.05) is 25.1 Å². The predicted molar refractivity (Wildman–Crippen MR) is 86.1 cm³/mol. The van der Waals surface area contributed by atoms with Crippen LogP contribution in [-0.4, -0.2) is 35.2 Å². The van der Waals surface area contributed by atoms with Crippen molar-refractivity contribution in [2.24, 2.45) is 0 Å². The number of para-hydroxylation sites is 1. The molecule has 0 bridgehead atoms. The average molecular weight is 285 g/mol. The predicted octanol–water partition coefficient (Wildman–Crippen LogP) is 2.82. The van der Waals surface area contributed by atoms with Crippen LogP contribution in [0.1, 0.15) is 26.0 Å². The van der Waals surface area contributed by atoms with Crippen molar-refractivity contribution >= 4 is 16.6 Å². The number of hydrogen-bond acceptors (Lipinski definition) is 4. The highest BCUT2D eigenvalue weighted by molar-refractivity contribution is 5.90. The molecule has 0 aliphatic carbocycles. The molecule has 4 heteroatoms. The summed E-state index contributed by atoms with van der Waals surface area (Å²) in [4.78, 5) is 7.22. The fourth-order valence-electron chi connectivity index (χ4n) is 3.03. The SMILES string of the molecule is CCC1COC(C)CN1Cc1cc(N)c2ccccc2n1. The second-order valence-corrected chi connectivity index (χ2v) is 5.86. The summed E-state index contributed by atoms with van der Waals surface area (Å²) >= 11 is 0. The number of ether oxygens (including phenoxy) is 1. The third kappa shape index (κ3) is 3.01. The number of nitrogens with two attached hydrogens (primary N) is 1. The van der Waals surface area contributed by atoms with Crippen molar-refractivity contribution in [3.8, 4) is 0 Å². The molecule has 112 valence electrons. The number of morpholine rings is 1. The van der Waals surface area contributed by atoms with Crippen LogP contribution in [0.5, 0.6) is 0 Å². The Balaban J connectivity index is 1.86. The van der Waals surface area contributed by atoms with Gasteiger partial charge in [0.25, 0.3) is 0 Å². The van der Waals surface area contributed by atoms with Gasteiger partial charge >= 0.3 is 0 Å². The van der Waals surface area contributed by atoms with Crippen LogP contribution in [-0.2, 0) is 11.3 Å². The van der Waals surface area contributed by atoms with Crippen molar-refractivity contribution < 1.29 is 4.74 Å². The Morgan fingerprint density at radius 1 is 1.38 bits per heavy atom. The van der Waals surface area contributed by atoms with Crippen LogP contribution in [0.15, 0.2) is 30.3 Å². The molecule has 21 heavy (non-hydrogen) atoms. The number of aromatic nitrogens is 1. The lowest BCUT2D eigenvalue weighted by Crippen LogP contribution is -2.48. The first-order chi connectivity index (χ1) is 10.2. The first kappa shape index (κ1) is 14.3. The Kier molecular flexibility index (Phi) is 4.08. The molecule has 2 aromatic rings. The number of anilines is 1. The molecule has 0 amide bonds. The smallest absolute Gasteiger partial charge is 0.0726 e. The van der Waals surface area contributed by atoms with Crippen LogP contribution in [0.3, 0.4) is 0 Å². The zero-order valence-corrected chi connectivity index (χ0v) is 12.7. The second-order valence-electron chi connectivity index (χ2n) is 5.86. The summed E-state index contributed by atoms with van der Waals surface area (Å²) in [5.74, 6) is 0. The Hall–Kier alpha value is -1.65. The number of nitrogens with zero attached hydrogens (tertiary/aromatic N) is 2. The number of nitrogen functional groups attached to an aromatic ring is 1. The maximum Gasteiger partial charge on any atom is 0.0726 e. The normalized spacial score (nSPS) is 23.5. The Morgan fingerprint density at radius 3 is 3.00 bits per heavy atom. The Labute approximate surface area is 125 Å². The van der Waals surface area contributed by atoms with Crippen molar-refractivity contribution in [1.29, 1.82) is 0 Å². The minimum atomic E-state index is 0.283. The first-order valence-electron chi connectivity index (χ1n) is 7.67. The average Bonchev–Trinajstić information content (AvgIpc) is 2.47. The lowest BCUT2D eigenvalue weighted by Gasteiger charge is -2.38. The van der Waals surface area contributed by atoms with Crippen molar-refractivity contribution in [2.45, 2.75) is 39.0 Å². The highest BCUT2D eigenvalue weighted by atomic mass is 16.5. The van der Waals surface area contributed by atoms with E-state index >= 15 is 0 Å². The minimum Gasteiger partial charge on any atom is -0.398 e. The molecule has 1 saturated heterocycles. The maximum atomic E-state index is 6.17. The van der Waals surface area contributed by atoms with Gasteiger partial charge in [-0.25, -0.2) is 0 Å². The minimum absolute atomic E-state index is 0.283. The largest absolute Gasteiger partial charge is 0.398 e. The maximum absolute atomic E-state index is 6.17. The van der Waals surface area contributed by atoms with Crippen LogP contribution in [0.4, 0.5) is 5.69 Å². The van der Waals surface area contributed by atoms with E-state index in [2.05, 4.69) is 18.7 Å². The van der Waals surface area contributed by atoms with E-state index < -0.39 is 0 Å². The monoisotopic (exact) mass is 285 g/mol. The highest BCUT2D eigenvalue weighted by Gasteiger charge is 2.25. The molecule has 1 fully saturated rings. The summed E-state index contributed by atoms with van der Waals surface area (Å²) in [5.41, 5.74) is 9.00. The number of fused-ring (bicyclic) bond motifs is 1. The van der Waals surface area contributed by atoms with Crippen molar-refractivity contribution in [1.82, 2.24) is 9.88 Å². The van der Waals surface area contributed by atoms with Gasteiger partial charge in [0, 0.05) is 30.2 Å². The molecular weight excluding hydrogens is 262 g/mol. The van der Waals surface area contributed by atoms with Gasteiger partial charge in [-0.3, -0.25) is 9.88 Å².